The third-order valence-corrected chi connectivity index (χ3v) is 4.36. The topological polar surface area (TPSA) is 9.23 Å². The molecule has 2 aromatic carbocycles. The molecule has 1 unspecified atom stereocenters. The number of methoxy groups -OCH3 is 1. The van der Waals surface area contributed by atoms with E-state index < -0.39 is 0 Å². The van der Waals surface area contributed by atoms with Gasteiger partial charge in [0.2, 0.25) is 0 Å². The molecule has 1 atom stereocenters. The molecule has 0 aliphatic carbocycles. The van der Waals surface area contributed by atoms with Gasteiger partial charge in [0.05, 0.1) is 7.11 Å². The number of rotatable bonds is 5. The molecular weight excluding hydrogens is 343 g/mol. The number of hydrogen-bond acceptors (Lipinski definition) is 1. The van der Waals surface area contributed by atoms with E-state index in [2.05, 4.69) is 15.9 Å². The summed E-state index contributed by atoms with van der Waals surface area (Å²) in [6.07, 6.45) is 0.537. The summed E-state index contributed by atoms with van der Waals surface area (Å²) in [7, 11) is 1.47. The van der Waals surface area contributed by atoms with E-state index in [-0.39, 0.29) is 17.5 Å². The summed E-state index contributed by atoms with van der Waals surface area (Å²) in [5.41, 5.74) is 1.70. The van der Waals surface area contributed by atoms with Crippen molar-refractivity contribution in [2.45, 2.75) is 12.3 Å². The van der Waals surface area contributed by atoms with Crippen molar-refractivity contribution in [2.24, 2.45) is 0 Å². The molecule has 1 nitrogen and oxygen atoms in total. The average Bonchev–Trinajstić information content (AvgIpc) is 2.47. The summed E-state index contributed by atoms with van der Waals surface area (Å²) < 4.78 is 20.2. The molecular formula is C16H15BrClFO. The Labute approximate surface area is 131 Å². The minimum Gasteiger partial charge on any atom is -0.494 e. The third kappa shape index (κ3) is 3.33. The molecule has 0 fully saturated rings. The van der Waals surface area contributed by atoms with Crippen molar-refractivity contribution in [3.63, 3.8) is 0 Å². The van der Waals surface area contributed by atoms with Gasteiger partial charge in [-0.2, -0.15) is 0 Å². The zero-order chi connectivity index (χ0) is 14.5. The van der Waals surface area contributed by atoms with Crippen molar-refractivity contribution < 1.29 is 9.13 Å². The van der Waals surface area contributed by atoms with E-state index in [1.165, 1.54) is 7.11 Å². The molecule has 106 valence electrons. The highest BCUT2D eigenvalue weighted by molar-refractivity contribution is 9.10. The standard InChI is InChI=1S/C16H15BrClFO/c1-20-15-8-4-5-11(16(15)19)9-12(10-18)13-6-2-3-7-14(13)17/h2-8,12H,9-10H2,1H3. The first-order chi connectivity index (χ1) is 9.67. The maximum atomic E-state index is 14.2. The van der Waals surface area contributed by atoms with E-state index in [9.17, 15) is 4.39 Å². The Morgan fingerprint density at radius 1 is 1.20 bits per heavy atom. The molecule has 0 amide bonds. The molecule has 0 saturated carbocycles. The lowest BCUT2D eigenvalue weighted by atomic mass is 9.93. The maximum Gasteiger partial charge on any atom is 0.168 e. The monoisotopic (exact) mass is 356 g/mol. The van der Waals surface area contributed by atoms with Gasteiger partial charge in [-0.05, 0) is 29.7 Å². The van der Waals surface area contributed by atoms with Gasteiger partial charge in [-0.1, -0.05) is 46.3 Å². The highest BCUT2D eigenvalue weighted by atomic mass is 79.9. The molecule has 0 spiro atoms. The zero-order valence-corrected chi connectivity index (χ0v) is 13.4. The van der Waals surface area contributed by atoms with Crippen LogP contribution in [-0.2, 0) is 6.42 Å². The van der Waals surface area contributed by atoms with Crippen LogP contribution in [0, 0.1) is 5.82 Å². The summed E-state index contributed by atoms with van der Waals surface area (Å²) in [6.45, 7) is 0. The molecule has 0 aliphatic heterocycles. The normalized spacial score (nSPS) is 12.2. The molecule has 2 rings (SSSR count). The van der Waals surface area contributed by atoms with Crippen molar-refractivity contribution in [1.29, 1.82) is 0 Å². The number of ether oxygens (including phenoxy) is 1. The highest BCUT2D eigenvalue weighted by Crippen LogP contribution is 2.31. The van der Waals surface area contributed by atoms with Crippen LogP contribution in [0.2, 0.25) is 0 Å². The molecule has 0 N–H and O–H groups in total. The smallest absolute Gasteiger partial charge is 0.168 e. The molecule has 0 saturated heterocycles. The Bertz CT molecular complexity index is 588. The lowest BCUT2D eigenvalue weighted by Crippen LogP contribution is -2.07. The van der Waals surface area contributed by atoms with Crippen LogP contribution >= 0.6 is 27.5 Å². The summed E-state index contributed by atoms with van der Waals surface area (Å²) in [6, 6.07) is 13.1. The first-order valence-electron chi connectivity index (χ1n) is 6.29. The molecule has 0 aliphatic rings. The van der Waals surface area contributed by atoms with E-state index in [4.69, 9.17) is 16.3 Å². The Hall–Kier alpha value is -1.06. The molecule has 0 heterocycles. The average molecular weight is 358 g/mol. The van der Waals surface area contributed by atoms with Gasteiger partial charge in [0.25, 0.3) is 0 Å². The van der Waals surface area contributed by atoms with Gasteiger partial charge >= 0.3 is 0 Å². The van der Waals surface area contributed by atoms with Crippen LogP contribution in [0.15, 0.2) is 46.9 Å². The van der Waals surface area contributed by atoms with E-state index >= 15 is 0 Å². The summed E-state index contributed by atoms with van der Waals surface area (Å²) >= 11 is 9.60. The molecule has 2 aromatic rings. The van der Waals surface area contributed by atoms with Gasteiger partial charge in [0.1, 0.15) is 0 Å². The number of hydrogen-bond donors (Lipinski definition) is 0. The summed E-state index contributed by atoms with van der Waals surface area (Å²) in [5, 5.41) is 0. The van der Waals surface area contributed by atoms with Gasteiger partial charge in [-0.15, -0.1) is 11.6 Å². The van der Waals surface area contributed by atoms with Crippen molar-refractivity contribution in [3.05, 3.63) is 63.9 Å². The Kier molecular flexibility index (Phi) is 5.44. The van der Waals surface area contributed by atoms with Gasteiger partial charge in [-0.25, -0.2) is 4.39 Å². The van der Waals surface area contributed by atoms with E-state index in [0.29, 0.717) is 17.9 Å². The number of halogens is 3. The number of benzene rings is 2. The summed E-state index contributed by atoms with van der Waals surface area (Å²) in [4.78, 5) is 0. The fourth-order valence-electron chi connectivity index (χ4n) is 2.19. The second-order valence-electron chi connectivity index (χ2n) is 4.51. The SMILES string of the molecule is COc1cccc(CC(CCl)c2ccccc2Br)c1F. The van der Waals surface area contributed by atoms with Gasteiger partial charge in [0.15, 0.2) is 11.6 Å². The quantitative estimate of drug-likeness (QED) is 0.671. The molecule has 0 aromatic heterocycles. The first kappa shape index (κ1) is 15.3. The van der Waals surface area contributed by atoms with Crippen LogP contribution in [-0.4, -0.2) is 13.0 Å². The van der Waals surface area contributed by atoms with Gasteiger partial charge in [0, 0.05) is 16.3 Å². The van der Waals surface area contributed by atoms with E-state index in [1.54, 1.807) is 18.2 Å². The summed E-state index contributed by atoms with van der Waals surface area (Å²) in [5.74, 6) is 0.438. The minimum atomic E-state index is -0.308. The van der Waals surface area contributed by atoms with Crippen molar-refractivity contribution in [1.82, 2.24) is 0 Å². The molecule has 4 heteroatoms. The molecule has 0 bridgehead atoms. The second-order valence-corrected chi connectivity index (χ2v) is 5.67. The fraction of sp³-hybridized carbons (Fsp3) is 0.250. The largest absolute Gasteiger partial charge is 0.494 e. The Balaban J connectivity index is 2.30. The van der Waals surface area contributed by atoms with E-state index in [1.807, 2.05) is 24.3 Å². The van der Waals surface area contributed by atoms with Crippen LogP contribution in [0.25, 0.3) is 0 Å². The first-order valence-corrected chi connectivity index (χ1v) is 7.62. The van der Waals surface area contributed by atoms with Crippen LogP contribution in [0.5, 0.6) is 5.75 Å². The predicted molar refractivity (Wildman–Crippen MR) is 84.3 cm³/mol. The third-order valence-electron chi connectivity index (χ3n) is 3.26. The van der Waals surface area contributed by atoms with Gasteiger partial charge in [-0.3, -0.25) is 0 Å². The van der Waals surface area contributed by atoms with Gasteiger partial charge < -0.3 is 4.74 Å². The van der Waals surface area contributed by atoms with E-state index in [0.717, 1.165) is 10.0 Å². The fourth-order valence-corrected chi connectivity index (χ4v) is 3.07. The van der Waals surface area contributed by atoms with Crippen molar-refractivity contribution in [3.8, 4) is 5.75 Å². The van der Waals surface area contributed by atoms with Crippen molar-refractivity contribution >= 4 is 27.5 Å². The molecule has 20 heavy (non-hydrogen) atoms. The maximum absolute atomic E-state index is 14.2. The number of alkyl halides is 1. The molecule has 0 radical (unpaired) electrons. The lowest BCUT2D eigenvalue weighted by Gasteiger charge is -2.17. The predicted octanol–water partition coefficient (Wildman–Crippen LogP) is 5.16. The van der Waals surface area contributed by atoms with Crippen molar-refractivity contribution in [2.75, 3.05) is 13.0 Å². The van der Waals surface area contributed by atoms with Crippen LogP contribution in [0.4, 0.5) is 4.39 Å². The Morgan fingerprint density at radius 2 is 1.95 bits per heavy atom. The second kappa shape index (κ2) is 7.09. The highest BCUT2D eigenvalue weighted by Gasteiger charge is 2.17. The van der Waals surface area contributed by atoms with Crippen LogP contribution in [0.1, 0.15) is 17.0 Å². The Morgan fingerprint density at radius 3 is 2.60 bits per heavy atom. The minimum absolute atomic E-state index is 0.0499. The van der Waals surface area contributed by atoms with Crippen LogP contribution < -0.4 is 4.74 Å². The van der Waals surface area contributed by atoms with Crippen LogP contribution in [0.3, 0.4) is 0 Å². The zero-order valence-electron chi connectivity index (χ0n) is 11.1. The lowest BCUT2D eigenvalue weighted by molar-refractivity contribution is 0.383.